The third kappa shape index (κ3) is 1.48. The van der Waals surface area contributed by atoms with Gasteiger partial charge in [0.2, 0.25) is 5.91 Å². The van der Waals surface area contributed by atoms with Crippen molar-refractivity contribution in [1.82, 2.24) is 0 Å². The normalized spacial score (nSPS) is 19.9. The van der Waals surface area contributed by atoms with Gasteiger partial charge >= 0.3 is 0 Å². The fourth-order valence-corrected chi connectivity index (χ4v) is 1.90. The molecule has 3 nitrogen and oxygen atoms in total. The van der Waals surface area contributed by atoms with Crippen LogP contribution in [-0.2, 0) is 4.79 Å². The molecule has 80 valence electrons. The van der Waals surface area contributed by atoms with Gasteiger partial charge in [0.05, 0.1) is 11.4 Å². The predicted molar refractivity (Wildman–Crippen MR) is 62.4 cm³/mol. The SMILES string of the molecule is Cc1cc2c(cc1C)N(C)C(=O)[C@@H](C)N2. The van der Waals surface area contributed by atoms with E-state index < -0.39 is 0 Å². The second kappa shape index (κ2) is 3.26. The Morgan fingerprint density at radius 2 is 1.87 bits per heavy atom. The molecule has 3 heteroatoms. The molecule has 0 aromatic heterocycles. The molecule has 0 aliphatic carbocycles. The van der Waals surface area contributed by atoms with Gasteiger partial charge < -0.3 is 10.2 Å². The molecule has 0 bridgehead atoms. The number of fused-ring (bicyclic) bond motifs is 1. The molecule has 1 aliphatic heterocycles. The average Bonchev–Trinajstić information content (AvgIpc) is 2.19. The molecule has 1 aromatic rings. The minimum atomic E-state index is -0.135. The van der Waals surface area contributed by atoms with Crippen LogP contribution in [0, 0.1) is 13.8 Å². The summed E-state index contributed by atoms with van der Waals surface area (Å²) in [5.41, 5.74) is 4.48. The predicted octanol–water partition coefficient (Wildman–Crippen LogP) is 2.08. The standard InChI is InChI=1S/C12H16N2O/c1-7-5-10-11(6-8(7)2)14(4)12(15)9(3)13-10/h5-6,9,13H,1-4H3/t9-/m1/s1. The van der Waals surface area contributed by atoms with Gasteiger partial charge in [0.25, 0.3) is 0 Å². The zero-order valence-corrected chi connectivity index (χ0v) is 9.59. The lowest BCUT2D eigenvalue weighted by molar-refractivity contribution is -0.118. The Kier molecular flexibility index (Phi) is 2.18. The fourth-order valence-electron chi connectivity index (χ4n) is 1.90. The summed E-state index contributed by atoms with van der Waals surface area (Å²) in [5.74, 6) is 0.116. The highest BCUT2D eigenvalue weighted by Crippen LogP contribution is 2.32. The molecule has 1 amide bonds. The molecule has 0 fully saturated rings. The van der Waals surface area contributed by atoms with E-state index in [1.165, 1.54) is 11.1 Å². The lowest BCUT2D eigenvalue weighted by Crippen LogP contribution is -2.43. The van der Waals surface area contributed by atoms with Crippen molar-refractivity contribution in [2.75, 3.05) is 17.3 Å². The molecule has 0 spiro atoms. The minimum Gasteiger partial charge on any atom is -0.372 e. The number of hydrogen-bond donors (Lipinski definition) is 1. The first kappa shape index (κ1) is 10.0. The van der Waals surface area contributed by atoms with Crippen molar-refractivity contribution in [2.45, 2.75) is 26.8 Å². The van der Waals surface area contributed by atoms with Crippen LogP contribution in [0.1, 0.15) is 18.1 Å². The van der Waals surface area contributed by atoms with Crippen LogP contribution in [0.3, 0.4) is 0 Å². The van der Waals surface area contributed by atoms with Crippen molar-refractivity contribution < 1.29 is 4.79 Å². The van der Waals surface area contributed by atoms with Crippen LogP contribution in [-0.4, -0.2) is 19.0 Å². The Bertz CT molecular complexity index is 426. The molecule has 1 aromatic carbocycles. The van der Waals surface area contributed by atoms with Gasteiger partial charge in [-0.05, 0) is 44.0 Å². The number of carbonyl (C=O) groups is 1. The Morgan fingerprint density at radius 1 is 1.27 bits per heavy atom. The largest absolute Gasteiger partial charge is 0.372 e. The van der Waals surface area contributed by atoms with Crippen molar-refractivity contribution in [3.63, 3.8) is 0 Å². The highest BCUT2D eigenvalue weighted by molar-refractivity contribution is 6.04. The Hall–Kier alpha value is -1.51. The van der Waals surface area contributed by atoms with Gasteiger partial charge in [-0.25, -0.2) is 0 Å². The molecule has 0 saturated heterocycles. The molecule has 0 saturated carbocycles. The summed E-state index contributed by atoms with van der Waals surface area (Å²) in [6.07, 6.45) is 0. The summed E-state index contributed by atoms with van der Waals surface area (Å²) in [6.45, 7) is 6.03. The molecule has 0 unspecified atom stereocenters. The summed E-state index contributed by atoms with van der Waals surface area (Å²) in [6, 6.07) is 4.02. The van der Waals surface area contributed by atoms with Crippen molar-refractivity contribution in [2.24, 2.45) is 0 Å². The van der Waals surface area contributed by atoms with E-state index in [0.29, 0.717) is 0 Å². The zero-order valence-electron chi connectivity index (χ0n) is 9.59. The van der Waals surface area contributed by atoms with Gasteiger partial charge in [0.1, 0.15) is 6.04 Å². The van der Waals surface area contributed by atoms with Gasteiger partial charge in [0, 0.05) is 7.05 Å². The third-order valence-electron chi connectivity index (χ3n) is 3.05. The van der Waals surface area contributed by atoms with Crippen molar-refractivity contribution in [3.8, 4) is 0 Å². The Morgan fingerprint density at radius 3 is 2.53 bits per heavy atom. The summed E-state index contributed by atoms with van der Waals surface area (Å²) >= 11 is 0. The van der Waals surface area contributed by atoms with Gasteiger partial charge in [0.15, 0.2) is 0 Å². The van der Waals surface area contributed by atoms with Crippen LogP contribution >= 0.6 is 0 Å². The second-order valence-electron chi connectivity index (χ2n) is 4.22. The molecule has 1 aliphatic rings. The lowest BCUT2D eigenvalue weighted by atomic mass is 10.0. The monoisotopic (exact) mass is 204 g/mol. The van der Waals surface area contributed by atoms with Crippen molar-refractivity contribution in [1.29, 1.82) is 0 Å². The van der Waals surface area contributed by atoms with Crippen LogP contribution in [0.4, 0.5) is 11.4 Å². The molecular formula is C12H16N2O. The van der Waals surface area contributed by atoms with Crippen LogP contribution in [0.2, 0.25) is 0 Å². The number of nitrogens with zero attached hydrogens (tertiary/aromatic N) is 1. The quantitative estimate of drug-likeness (QED) is 0.701. The first-order valence-electron chi connectivity index (χ1n) is 5.16. The number of amides is 1. The summed E-state index contributed by atoms with van der Waals surface area (Å²) in [5, 5.41) is 3.22. The molecule has 1 heterocycles. The number of anilines is 2. The fraction of sp³-hybridized carbons (Fsp3) is 0.417. The van der Waals surface area contributed by atoms with E-state index in [9.17, 15) is 4.79 Å². The number of benzene rings is 1. The Labute approximate surface area is 90.1 Å². The smallest absolute Gasteiger partial charge is 0.248 e. The maximum Gasteiger partial charge on any atom is 0.248 e. The number of hydrogen-bond acceptors (Lipinski definition) is 2. The van der Waals surface area contributed by atoms with Gasteiger partial charge in [-0.2, -0.15) is 0 Å². The van der Waals surface area contributed by atoms with E-state index in [4.69, 9.17) is 0 Å². The molecule has 1 N–H and O–H groups in total. The van der Waals surface area contributed by atoms with Crippen molar-refractivity contribution in [3.05, 3.63) is 23.3 Å². The van der Waals surface area contributed by atoms with E-state index in [0.717, 1.165) is 11.4 Å². The summed E-state index contributed by atoms with van der Waals surface area (Å²) in [4.78, 5) is 13.5. The van der Waals surface area contributed by atoms with Gasteiger partial charge in [-0.3, -0.25) is 4.79 Å². The van der Waals surface area contributed by atoms with E-state index in [1.807, 2.05) is 14.0 Å². The highest BCUT2D eigenvalue weighted by Gasteiger charge is 2.26. The maximum atomic E-state index is 11.7. The maximum absolute atomic E-state index is 11.7. The minimum absolute atomic E-state index is 0.116. The summed E-state index contributed by atoms with van der Waals surface area (Å²) in [7, 11) is 1.83. The third-order valence-corrected chi connectivity index (χ3v) is 3.05. The number of rotatable bonds is 0. The topological polar surface area (TPSA) is 32.3 Å². The van der Waals surface area contributed by atoms with Crippen LogP contribution in [0.25, 0.3) is 0 Å². The van der Waals surface area contributed by atoms with Crippen molar-refractivity contribution >= 4 is 17.3 Å². The lowest BCUT2D eigenvalue weighted by Gasteiger charge is -2.32. The van der Waals surface area contributed by atoms with Crippen LogP contribution < -0.4 is 10.2 Å². The first-order chi connectivity index (χ1) is 7.00. The zero-order chi connectivity index (χ0) is 11.2. The van der Waals surface area contributed by atoms with Crippen LogP contribution in [0.5, 0.6) is 0 Å². The first-order valence-corrected chi connectivity index (χ1v) is 5.16. The van der Waals surface area contributed by atoms with Gasteiger partial charge in [-0.1, -0.05) is 0 Å². The number of carbonyl (C=O) groups excluding carboxylic acids is 1. The molecular weight excluding hydrogens is 188 g/mol. The van der Waals surface area contributed by atoms with E-state index in [2.05, 4.69) is 31.3 Å². The number of nitrogens with one attached hydrogen (secondary N) is 1. The van der Waals surface area contributed by atoms with E-state index >= 15 is 0 Å². The number of aryl methyl sites for hydroxylation is 2. The van der Waals surface area contributed by atoms with Crippen LogP contribution in [0.15, 0.2) is 12.1 Å². The molecule has 1 atom stereocenters. The van der Waals surface area contributed by atoms with E-state index in [1.54, 1.807) is 4.90 Å². The second-order valence-corrected chi connectivity index (χ2v) is 4.22. The van der Waals surface area contributed by atoms with E-state index in [-0.39, 0.29) is 11.9 Å². The molecule has 15 heavy (non-hydrogen) atoms. The highest BCUT2D eigenvalue weighted by atomic mass is 16.2. The Balaban J connectivity index is 2.56. The molecule has 0 radical (unpaired) electrons. The molecule has 2 rings (SSSR count). The summed E-state index contributed by atoms with van der Waals surface area (Å²) < 4.78 is 0. The van der Waals surface area contributed by atoms with Gasteiger partial charge in [-0.15, -0.1) is 0 Å². The number of likely N-dealkylation sites (N-methyl/N-ethyl adjacent to an activating group) is 1. The average molecular weight is 204 g/mol.